The second-order valence-electron chi connectivity index (χ2n) is 9.57. The van der Waals surface area contributed by atoms with Crippen molar-refractivity contribution in [2.45, 2.75) is 24.9 Å². The van der Waals surface area contributed by atoms with Gasteiger partial charge >= 0.3 is 0 Å². The molecule has 0 fully saturated rings. The molecule has 0 saturated carbocycles. The number of fused-ring (bicyclic) bond motifs is 1. The van der Waals surface area contributed by atoms with Crippen molar-refractivity contribution in [3.05, 3.63) is 125 Å². The van der Waals surface area contributed by atoms with Gasteiger partial charge in [-0.25, -0.2) is 8.42 Å². The number of thiophene rings is 1. The molecule has 0 saturated heterocycles. The fraction of sp³-hybridized carbons (Fsp3) is 0.156. The van der Waals surface area contributed by atoms with E-state index in [2.05, 4.69) is 0 Å². The van der Waals surface area contributed by atoms with Crippen molar-refractivity contribution in [2.75, 3.05) is 18.5 Å². The van der Waals surface area contributed by atoms with Crippen LogP contribution in [-0.4, -0.2) is 33.4 Å². The van der Waals surface area contributed by atoms with Crippen LogP contribution in [0.25, 0.3) is 10.1 Å². The molecule has 40 heavy (non-hydrogen) atoms. The molecule has 5 rings (SSSR count). The van der Waals surface area contributed by atoms with Gasteiger partial charge in [-0.15, -0.1) is 11.3 Å². The molecule has 6 nitrogen and oxygen atoms in total. The van der Waals surface area contributed by atoms with Gasteiger partial charge in [-0.2, -0.15) is 0 Å². The Hall–Kier alpha value is -4.14. The third-order valence-corrected chi connectivity index (χ3v) is 9.70. The molecule has 0 aliphatic rings. The van der Waals surface area contributed by atoms with E-state index in [1.807, 2.05) is 90.7 Å². The number of aryl methyl sites for hydroxylation is 1. The minimum absolute atomic E-state index is 0.0647. The van der Waals surface area contributed by atoms with Crippen molar-refractivity contribution in [3.63, 3.8) is 0 Å². The van der Waals surface area contributed by atoms with Gasteiger partial charge < -0.3 is 9.64 Å². The Morgan fingerprint density at radius 2 is 1.45 bits per heavy atom. The first kappa shape index (κ1) is 27.4. The molecule has 1 heterocycles. The zero-order valence-corrected chi connectivity index (χ0v) is 24.2. The van der Waals surface area contributed by atoms with Gasteiger partial charge in [-0.3, -0.25) is 9.10 Å². The largest absolute Gasteiger partial charge is 0.496 e. The second-order valence-corrected chi connectivity index (χ2v) is 12.6. The van der Waals surface area contributed by atoms with Gasteiger partial charge in [-0.1, -0.05) is 60.7 Å². The molecule has 5 aromatic rings. The number of hydrogen-bond acceptors (Lipinski definition) is 5. The van der Waals surface area contributed by atoms with Gasteiger partial charge in [0.15, 0.2) is 0 Å². The summed E-state index contributed by atoms with van der Waals surface area (Å²) >= 11 is 1.41. The van der Waals surface area contributed by atoms with Gasteiger partial charge in [0.25, 0.3) is 15.9 Å². The highest BCUT2D eigenvalue weighted by Crippen LogP contribution is 2.33. The Morgan fingerprint density at radius 3 is 2.02 bits per heavy atom. The fourth-order valence-electron chi connectivity index (χ4n) is 4.60. The Morgan fingerprint density at radius 1 is 0.825 bits per heavy atom. The van der Waals surface area contributed by atoms with E-state index in [1.165, 1.54) is 22.7 Å². The van der Waals surface area contributed by atoms with Crippen molar-refractivity contribution in [2.24, 2.45) is 0 Å². The summed E-state index contributed by atoms with van der Waals surface area (Å²) < 4.78 is 34.2. The van der Waals surface area contributed by atoms with Crippen molar-refractivity contribution < 1.29 is 17.9 Å². The molecule has 0 N–H and O–H groups in total. The van der Waals surface area contributed by atoms with Crippen molar-refractivity contribution in [1.29, 1.82) is 0 Å². The summed E-state index contributed by atoms with van der Waals surface area (Å²) in [6.45, 7) is 2.78. The van der Waals surface area contributed by atoms with E-state index >= 15 is 0 Å². The summed E-state index contributed by atoms with van der Waals surface area (Å²) in [5, 5.41) is 0.818. The molecule has 1 aromatic heterocycles. The van der Waals surface area contributed by atoms with Gasteiger partial charge in [0, 0.05) is 24.8 Å². The maximum absolute atomic E-state index is 13.8. The van der Waals surface area contributed by atoms with Crippen LogP contribution in [0.1, 0.15) is 26.4 Å². The Labute approximate surface area is 239 Å². The van der Waals surface area contributed by atoms with Crippen LogP contribution in [0.5, 0.6) is 5.75 Å². The lowest BCUT2D eigenvalue weighted by Crippen LogP contribution is -2.29. The number of hydrogen-bond donors (Lipinski definition) is 0. The zero-order chi connectivity index (χ0) is 28.3. The molecule has 8 heteroatoms. The Balaban J connectivity index is 1.43. The van der Waals surface area contributed by atoms with E-state index < -0.39 is 10.0 Å². The van der Waals surface area contributed by atoms with Crippen LogP contribution in [0, 0.1) is 6.92 Å². The molecule has 0 unspecified atom stereocenters. The first-order valence-electron chi connectivity index (χ1n) is 12.8. The number of ether oxygens (including phenoxy) is 1. The highest BCUT2D eigenvalue weighted by molar-refractivity contribution is 7.92. The molecule has 4 aromatic carbocycles. The number of methoxy groups -OCH3 is 1. The lowest BCUT2D eigenvalue weighted by Gasteiger charge is -2.22. The van der Waals surface area contributed by atoms with E-state index in [-0.39, 0.29) is 10.8 Å². The van der Waals surface area contributed by atoms with Crippen molar-refractivity contribution in [1.82, 2.24) is 4.90 Å². The van der Waals surface area contributed by atoms with Gasteiger partial charge in [0.1, 0.15) is 5.75 Å². The first-order chi connectivity index (χ1) is 19.3. The molecular formula is C32H30N2O4S2. The van der Waals surface area contributed by atoms with Crippen LogP contribution in [-0.2, 0) is 23.1 Å². The lowest BCUT2D eigenvalue weighted by atomic mass is 10.1. The normalized spacial score (nSPS) is 11.4. The monoisotopic (exact) mass is 570 g/mol. The predicted molar refractivity (Wildman–Crippen MR) is 162 cm³/mol. The topological polar surface area (TPSA) is 66.9 Å². The number of benzene rings is 4. The summed E-state index contributed by atoms with van der Waals surface area (Å²) in [4.78, 5) is 16.4. The Kier molecular flexibility index (Phi) is 7.91. The minimum atomic E-state index is -3.79. The minimum Gasteiger partial charge on any atom is -0.496 e. The quantitative estimate of drug-likeness (QED) is 0.194. The first-order valence-corrected chi connectivity index (χ1v) is 15.1. The number of nitrogens with zero attached hydrogens (tertiary/aromatic N) is 2. The van der Waals surface area contributed by atoms with Crippen LogP contribution in [0.2, 0.25) is 0 Å². The molecule has 0 atom stereocenters. The number of rotatable bonds is 9. The summed E-state index contributed by atoms with van der Waals surface area (Å²) in [7, 11) is -0.701. The summed E-state index contributed by atoms with van der Waals surface area (Å²) in [6.07, 6.45) is 0. The molecule has 0 aliphatic heterocycles. The standard InChI is InChI=1S/C32H30N2O4S2/c1-23-18-28(15-16-29(23)38-3)40(36,37)33(2)27-14-17-30-26(19-27)20-31(39-30)32(35)34(21-24-10-6-4-7-11-24)22-25-12-8-5-9-13-25/h4-20H,21-22H2,1-3H3. The van der Waals surface area contributed by atoms with Gasteiger partial charge in [-0.05, 0) is 71.5 Å². The van der Waals surface area contributed by atoms with E-state index in [0.717, 1.165) is 26.8 Å². The van der Waals surface area contributed by atoms with E-state index in [9.17, 15) is 13.2 Å². The molecule has 0 radical (unpaired) electrons. The van der Waals surface area contributed by atoms with E-state index in [0.29, 0.717) is 29.4 Å². The van der Waals surface area contributed by atoms with Crippen LogP contribution in [0.4, 0.5) is 5.69 Å². The number of anilines is 1. The average Bonchev–Trinajstić information content (AvgIpc) is 3.40. The second kappa shape index (κ2) is 11.5. The smallest absolute Gasteiger partial charge is 0.264 e. The molecule has 0 aliphatic carbocycles. The maximum atomic E-state index is 13.8. The highest BCUT2D eigenvalue weighted by atomic mass is 32.2. The SMILES string of the molecule is COc1ccc(S(=O)(=O)N(C)c2ccc3sc(C(=O)N(Cc4ccccc4)Cc4ccccc4)cc3c2)cc1C. The predicted octanol–water partition coefficient (Wildman–Crippen LogP) is 6.89. The number of carbonyl (C=O) groups excluding carboxylic acids is 1. The fourth-order valence-corrected chi connectivity index (χ4v) is 6.89. The number of sulfonamides is 1. The Bertz CT molecular complexity index is 1710. The maximum Gasteiger partial charge on any atom is 0.264 e. The average molecular weight is 571 g/mol. The third kappa shape index (κ3) is 5.73. The van der Waals surface area contributed by atoms with E-state index in [4.69, 9.17) is 4.74 Å². The summed E-state index contributed by atoms with van der Waals surface area (Å²) in [5.41, 5.74) is 3.36. The number of amides is 1. The number of carbonyl (C=O) groups is 1. The van der Waals surface area contributed by atoms with Crippen molar-refractivity contribution >= 4 is 43.0 Å². The molecule has 0 bridgehead atoms. The van der Waals surface area contributed by atoms with Crippen LogP contribution >= 0.6 is 11.3 Å². The van der Waals surface area contributed by atoms with Gasteiger partial charge in [0.2, 0.25) is 0 Å². The van der Waals surface area contributed by atoms with Crippen molar-refractivity contribution in [3.8, 4) is 5.75 Å². The van der Waals surface area contributed by atoms with Crippen LogP contribution < -0.4 is 9.04 Å². The van der Waals surface area contributed by atoms with Gasteiger partial charge in [0.05, 0.1) is 22.6 Å². The lowest BCUT2D eigenvalue weighted by molar-refractivity contribution is 0.0735. The molecule has 0 spiro atoms. The van der Waals surface area contributed by atoms with Crippen LogP contribution in [0.15, 0.2) is 108 Å². The summed E-state index contributed by atoms with van der Waals surface area (Å²) in [6, 6.07) is 32.0. The molecular weight excluding hydrogens is 540 g/mol. The third-order valence-electron chi connectivity index (χ3n) is 6.82. The highest BCUT2D eigenvalue weighted by Gasteiger charge is 2.24. The molecule has 204 valence electrons. The molecule has 1 amide bonds. The van der Waals surface area contributed by atoms with E-state index in [1.54, 1.807) is 31.4 Å². The zero-order valence-electron chi connectivity index (χ0n) is 22.6. The van der Waals surface area contributed by atoms with Crippen LogP contribution in [0.3, 0.4) is 0 Å². The summed E-state index contributed by atoms with van der Waals surface area (Å²) in [5.74, 6) is 0.567.